The first kappa shape index (κ1) is 13.2. The average molecular weight is 249 g/mol. The number of methoxy groups -OCH3 is 1. The quantitative estimate of drug-likeness (QED) is 0.809. The van der Waals surface area contributed by atoms with E-state index in [0.717, 1.165) is 37.0 Å². The Balaban J connectivity index is 2.24. The van der Waals surface area contributed by atoms with Gasteiger partial charge < -0.3 is 15.6 Å². The van der Waals surface area contributed by atoms with E-state index in [1.807, 2.05) is 18.2 Å². The highest BCUT2D eigenvalue weighted by atomic mass is 16.5. The molecular weight excluding hydrogens is 226 g/mol. The summed E-state index contributed by atoms with van der Waals surface area (Å²) in [6.07, 6.45) is 5.19. The standard InChI is InChI=1S/C15H23NO2/c1-11(15(17)8-4-3-5-9-15)13-7-6-12(18-2)10-14(13)16/h6-7,10-11,17H,3-5,8-9,16H2,1-2H3. The van der Waals surface area contributed by atoms with E-state index in [-0.39, 0.29) is 5.92 Å². The zero-order chi connectivity index (χ0) is 13.2. The second-order valence-electron chi connectivity index (χ2n) is 5.38. The fraction of sp³-hybridized carbons (Fsp3) is 0.600. The van der Waals surface area contributed by atoms with Crippen molar-refractivity contribution in [3.63, 3.8) is 0 Å². The third-order valence-electron chi connectivity index (χ3n) is 4.29. The van der Waals surface area contributed by atoms with Crippen molar-refractivity contribution in [2.24, 2.45) is 0 Å². The minimum Gasteiger partial charge on any atom is -0.497 e. The van der Waals surface area contributed by atoms with Crippen molar-refractivity contribution in [3.8, 4) is 5.75 Å². The average Bonchev–Trinajstić information content (AvgIpc) is 2.38. The Kier molecular flexibility index (Phi) is 3.81. The number of aliphatic hydroxyl groups is 1. The molecule has 3 N–H and O–H groups in total. The van der Waals surface area contributed by atoms with Crippen LogP contribution in [0.2, 0.25) is 0 Å². The van der Waals surface area contributed by atoms with Gasteiger partial charge in [-0.3, -0.25) is 0 Å². The van der Waals surface area contributed by atoms with Gasteiger partial charge >= 0.3 is 0 Å². The zero-order valence-electron chi connectivity index (χ0n) is 11.3. The van der Waals surface area contributed by atoms with Crippen molar-refractivity contribution >= 4 is 5.69 Å². The molecule has 1 saturated carbocycles. The molecule has 0 radical (unpaired) electrons. The molecule has 0 saturated heterocycles. The Labute approximate surface area is 109 Å². The maximum atomic E-state index is 10.8. The van der Waals surface area contributed by atoms with Crippen molar-refractivity contribution in [2.75, 3.05) is 12.8 Å². The van der Waals surface area contributed by atoms with Crippen LogP contribution < -0.4 is 10.5 Å². The van der Waals surface area contributed by atoms with Crippen LogP contribution in [0.1, 0.15) is 50.5 Å². The van der Waals surface area contributed by atoms with E-state index >= 15 is 0 Å². The molecule has 0 bridgehead atoms. The second kappa shape index (κ2) is 5.19. The van der Waals surface area contributed by atoms with E-state index in [0.29, 0.717) is 5.69 Å². The van der Waals surface area contributed by atoms with Gasteiger partial charge in [0.2, 0.25) is 0 Å². The van der Waals surface area contributed by atoms with Crippen molar-refractivity contribution in [1.29, 1.82) is 0 Å². The largest absolute Gasteiger partial charge is 0.497 e. The first-order valence-corrected chi connectivity index (χ1v) is 6.72. The fourth-order valence-electron chi connectivity index (χ4n) is 2.96. The van der Waals surface area contributed by atoms with Crippen LogP contribution in [0.4, 0.5) is 5.69 Å². The number of anilines is 1. The number of nitrogens with two attached hydrogens (primary N) is 1. The summed E-state index contributed by atoms with van der Waals surface area (Å²) >= 11 is 0. The van der Waals surface area contributed by atoms with E-state index < -0.39 is 5.60 Å². The Bertz CT molecular complexity index is 411. The maximum Gasteiger partial charge on any atom is 0.120 e. The maximum absolute atomic E-state index is 10.8. The summed E-state index contributed by atoms with van der Waals surface area (Å²) in [5.74, 6) is 0.836. The second-order valence-corrected chi connectivity index (χ2v) is 5.38. The van der Waals surface area contributed by atoms with E-state index in [9.17, 15) is 5.11 Å². The van der Waals surface area contributed by atoms with Crippen molar-refractivity contribution in [3.05, 3.63) is 23.8 Å². The summed E-state index contributed by atoms with van der Waals surface area (Å²) in [5, 5.41) is 10.8. The molecule has 3 heteroatoms. The smallest absolute Gasteiger partial charge is 0.120 e. The van der Waals surface area contributed by atoms with Crippen LogP contribution in [-0.4, -0.2) is 17.8 Å². The van der Waals surface area contributed by atoms with E-state index in [1.165, 1.54) is 6.42 Å². The summed E-state index contributed by atoms with van der Waals surface area (Å²) in [4.78, 5) is 0. The monoisotopic (exact) mass is 249 g/mol. The highest BCUT2D eigenvalue weighted by Gasteiger charge is 2.36. The number of hydrogen-bond acceptors (Lipinski definition) is 3. The van der Waals surface area contributed by atoms with Crippen molar-refractivity contribution in [2.45, 2.75) is 50.5 Å². The summed E-state index contributed by atoms with van der Waals surface area (Å²) in [6, 6.07) is 5.72. The SMILES string of the molecule is COc1ccc(C(C)C2(O)CCCCC2)c(N)c1. The molecule has 0 aliphatic heterocycles. The summed E-state index contributed by atoms with van der Waals surface area (Å²) in [6.45, 7) is 2.07. The minimum absolute atomic E-state index is 0.0729. The molecule has 1 fully saturated rings. The Morgan fingerprint density at radius 2 is 1.94 bits per heavy atom. The molecule has 0 heterocycles. The van der Waals surface area contributed by atoms with Crippen LogP contribution >= 0.6 is 0 Å². The van der Waals surface area contributed by atoms with Crippen LogP contribution in [0.3, 0.4) is 0 Å². The van der Waals surface area contributed by atoms with Crippen LogP contribution in [0.25, 0.3) is 0 Å². The van der Waals surface area contributed by atoms with Gasteiger partial charge in [-0.15, -0.1) is 0 Å². The van der Waals surface area contributed by atoms with Crippen molar-refractivity contribution in [1.82, 2.24) is 0 Å². The predicted molar refractivity (Wildman–Crippen MR) is 73.9 cm³/mol. The molecule has 2 rings (SSSR count). The lowest BCUT2D eigenvalue weighted by atomic mass is 9.73. The van der Waals surface area contributed by atoms with E-state index in [4.69, 9.17) is 10.5 Å². The van der Waals surface area contributed by atoms with Crippen LogP contribution in [0.15, 0.2) is 18.2 Å². The molecule has 100 valence electrons. The first-order chi connectivity index (χ1) is 8.57. The van der Waals surface area contributed by atoms with Crippen LogP contribution in [0, 0.1) is 0 Å². The van der Waals surface area contributed by atoms with Gasteiger partial charge in [-0.2, -0.15) is 0 Å². The Hall–Kier alpha value is -1.22. The van der Waals surface area contributed by atoms with Gasteiger partial charge in [0.05, 0.1) is 12.7 Å². The van der Waals surface area contributed by atoms with Gasteiger partial charge in [0, 0.05) is 17.7 Å². The summed E-state index contributed by atoms with van der Waals surface area (Å²) < 4.78 is 5.16. The predicted octanol–water partition coefficient (Wildman–Crippen LogP) is 3.08. The molecule has 0 spiro atoms. The fourth-order valence-corrected chi connectivity index (χ4v) is 2.96. The van der Waals surface area contributed by atoms with Gasteiger partial charge in [0.15, 0.2) is 0 Å². The zero-order valence-corrected chi connectivity index (χ0v) is 11.3. The topological polar surface area (TPSA) is 55.5 Å². The Morgan fingerprint density at radius 3 is 2.50 bits per heavy atom. The first-order valence-electron chi connectivity index (χ1n) is 6.72. The molecule has 1 aliphatic rings. The van der Waals surface area contributed by atoms with E-state index in [2.05, 4.69) is 6.92 Å². The molecule has 0 aromatic heterocycles. The Morgan fingerprint density at radius 1 is 1.28 bits per heavy atom. The lowest BCUT2D eigenvalue weighted by Gasteiger charge is -2.38. The molecule has 1 atom stereocenters. The van der Waals surface area contributed by atoms with Crippen LogP contribution in [0.5, 0.6) is 5.75 Å². The molecule has 18 heavy (non-hydrogen) atoms. The summed E-state index contributed by atoms with van der Waals surface area (Å²) in [5.41, 5.74) is 7.21. The summed E-state index contributed by atoms with van der Waals surface area (Å²) in [7, 11) is 1.63. The van der Waals surface area contributed by atoms with Gasteiger partial charge in [-0.1, -0.05) is 32.3 Å². The third kappa shape index (κ3) is 2.46. The molecule has 0 amide bonds. The molecule has 3 nitrogen and oxygen atoms in total. The molecular formula is C15H23NO2. The lowest BCUT2D eigenvalue weighted by molar-refractivity contribution is -0.0167. The van der Waals surface area contributed by atoms with Crippen LogP contribution in [-0.2, 0) is 0 Å². The van der Waals surface area contributed by atoms with Gasteiger partial charge in [0.25, 0.3) is 0 Å². The number of benzene rings is 1. The molecule has 1 unspecified atom stereocenters. The number of hydrogen-bond donors (Lipinski definition) is 2. The minimum atomic E-state index is -0.596. The highest BCUT2D eigenvalue weighted by molar-refractivity contribution is 5.53. The third-order valence-corrected chi connectivity index (χ3v) is 4.29. The van der Waals surface area contributed by atoms with Gasteiger partial charge in [-0.25, -0.2) is 0 Å². The van der Waals surface area contributed by atoms with Gasteiger partial charge in [-0.05, 0) is 24.5 Å². The van der Waals surface area contributed by atoms with E-state index in [1.54, 1.807) is 7.11 Å². The number of nitrogen functional groups attached to an aromatic ring is 1. The van der Waals surface area contributed by atoms with Crippen molar-refractivity contribution < 1.29 is 9.84 Å². The normalized spacial score (nSPS) is 20.4. The number of rotatable bonds is 3. The molecule has 1 aliphatic carbocycles. The molecule has 1 aromatic rings. The highest BCUT2D eigenvalue weighted by Crippen LogP contribution is 2.41. The molecule has 1 aromatic carbocycles. The van der Waals surface area contributed by atoms with Gasteiger partial charge in [0.1, 0.15) is 5.75 Å². The number of ether oxygens (including phenoxy) is 1. The lowest BCUT2D eigenvalue weighted by Crippen LogP contribution is -2.37.